The molecule has 1 aliphatic carbocycles. The highest BCUT2D eigenvalue weighted by Crippen LogP contribution is 2.36. The fourth-order valence-electron chi connectivity index (χ4n) is 2.15. The van der Waals surface area contributed by atoms with Crippen molar-refractivity contribution in [3.05, 3.63) is 11.9 Å². The van der Waals surface area contributed by atoms with E-state index in [2.05, 4.69) is 34.4 Å². The van der Waals surface area contributed by atoms with Crippen molar-refractivity contribution >= 4 is 11.6 Å². The van der Waals surface area contributed by atoms with E-state index in [0.29, 0.717) is 18.3 Å². The summed E-state index contributed by atoms with van der Waals surface area (Å²) in [5.41, 5.74) is 0. The van der Waals surface area contributed by atoms with Crippen LogP contribution in [0.1, 0.15) is 32.5 Å². The minimum atomic E-state index is 0.437. The lowest BCUT2D eigenvalue weighted by molar-refractivity contribution is 0.178. The largest absolute Gasteiger partial charge is 0.377 e. The molecule has 0 amide bonds. The lowest BCUT2D eigenvalue weighted by atomic mass is 10.1. The maximum atomic E-state index is 5.11. The van der Waals surface area contributed by atoms with Gasteiger partial charge in [0.2, 0.25) is 0 Å². The van der Waals surface area contributed by atoms with Gasteiger partial charge in [0, 0.05) is 26.3 Å². The normalized spacial score (nSPS) is 16.2. The number of nitrogens with zero attached hydrogens (tertiary/aromatic N) is 2. The molecule has 0 aromatic carbocycles. The van der Waals surface area contributed by atoms with E-state index in [1.807, 2.05) is 6.07 Å². The van der Waals surface area contributed by atoms with Gasteiger partial charge >= 0.3 is 0 Å². The van der Waals surface area contributed by atoms with Gasteiger partial charge in [0.1, 0.15) is 18.2 Å². The van der Waals surface area contributed by atoms with Crippen LogP contribution in [0.4, 0.5) is 11.6 Å². The first-order chi connectivity index (χ1) is 9.22. The van der Waals surface area contributed by atoms with Crippen LogP contribution in [-0.2, 0) is 11.3 Å². The summed E-state index contributed by atoms with van der Waals surface area (Å²) < 4.78 is 5.11. The van der Waals surface area contributed by atoms with E-state index in [4.69, 9.17) is 4.74 Å². The number of hydrogen-bond donors (Lipinski definition) is 2. The molecule has 0 radical (unpaired) electrons. The second kappa shape index (κ2) is 6.70. The van der Waals surface area contributed by atoms with E-state index in [-0.39, 0.29) is 0 Å². The van der Waals surface area contributed by atoms with Gasteiger partial charge in [-0.25, -0.2) is 9.97 Å². The molecule has 1 aromatic rings. The molecule has 1 saturated carbocycles. The number of hydrogen-bond acceptors (Lipinski definition) is 5. The standard InChI is InChI=1S/C14H24N4O/c1-4-15-12-7-13(18-14(17-12)9-19-3)16-8-10(2)11-5-6-11/h7,10-11H,4-6,8-9H2,1-3H3,(H2,15,16,17,18). The van der Waals surface area contributed by atoms with Crippen LogP contribution in [0.25, 0.3) is 0 Å². The maximum absolute atomic E-state index is 5.11. The number of ether oxygens (including phenoxy) is 1. The maximum Gasteiger partial charge on any atom is 0.158 e. The van der Waals surface area contributed by atoms with Crippen molar-refractivity contribution in [1.29, 1.82) is 0 Å². The van der Waals surface area contributed by atoms with Crippen LogP contribution in [0.5, 0.6) is 0 Å². The highest BCUT2D eigenvalue weighted by molar-refractivity contribution is 5.47. The van der Waals surface area contributed by atoms with Gasteiger partial charge in [-0.2, -0.15) is 0 Å². The van der Waals surface area contributed by atoms with Crippen molar-refractivity contribution in [2.24, 2.45) is 11.8 Å². The predicted octanol–water partition coefficient (Wildman–Crippen LogP) is 2.51. The van der Waals surface area contributed by atoms with E-state index >= 15 is 0 Å². The van der Waals surface area contributed by atoms with E-state index < -0.39 is 0 Å². The molecule has 5 nitrogen and oxygen atoms in total. The summed E-state index contributed by atoms with van der Waals surface area (Å²) in [5.74, 6) is 4.06. The Kier molecular flexibility index (Phi) is 4.96. The van der Waals surface area contributed by atoms with E-state index in [1.54, 1.807) is 7.11 Å². The molecule has 19 heavy (non-hydrogen) atoms. The number of anilines is 2. The zero-order chi connectivity index (χ0) is 13.7. The highest BCUT2D eigenvalue weighted by atomic mass is 16.5. The van der Waals surface area contributed by atoms with Gasteiger partial charge in [-0.15, -0.1) is 0 Å². The van der Waals surface area contributed by atoms with Gasteiger partial charge in [0.25, 0.3) is 0 Å². The molecule has 1 aliphatic rings. The monoisotopic (exact) mass is 264 g/mol. The molecule has 1 aromatic heterocycles. The molecule has 2 rings (SSSR count). The first kappa shape index (κ1) is 14.1. The van der Waals surface area contributed by atoms with Crippen LogP contribution in [0.15, 0.2) is 6.07 Å². The molecule has 2 N–H and O–H groups in total. The van der Waals surface area contributed by atoms with Gasteiger partial charge in [0.15, 0.2) is 5.82 Å². The fraction of sp³-hybridized carbons (Fsp3) is 0.714. The lowest BCUT2D eigenvalue weighted by Gasteiger charge is -2.14. The lowest BCUT2D eigenvalue weighted by Crippen LogP contribution is -2.15. The van der Waals surface area contributed by atoms with Crippen molar-refractivity contribution in [3.63, 3.8) is 0 Å². The Morgan fingerprint density at radius 2 is 2.00 bits per heavy atom. The van der Waals surface area contributed by atoms with Crippen LogP contribution in [-0.4, -0.2) is 30.2 Å². The van der Waals surface area contributed by atoms with Crippen molar-refractivity contribution < 1.29 is 4.74 Å². The molecule has 1 fully saturated rings. The molecular weight excluding hydrogens is 240 g/mol. The molecule has 0 spiro atoms. The van der Waals surface area contributed by atoms with Crippen LogP contribution in [0.2, 0.25) is 0 Å². The molecular formula is C14H24N4O. The predicted molar refractivity (Wildman–Crippen MR) is 77.3 cm³/mol. The minimum Gasteiger partial charge on any atom is -0.377 e. The SMILES string of the molecule is CCNc1cc(NCC(C)C2CC2)nc(COC)n1. The first-order valence-corrected chi connectivity index (χ1v) is 7.07. The third-order valence-electron chi connectivity index (χ3n) is 3.44. The van der Waals surface area contributed by atoms with E-state index in [9.17, 15) is 0 Å². The van der Waals surface area contributed by atoms with Gasteiger partial charge in [-0.05, 0) is 31.6 Å². The molecule has 1 atom stereocenters. The molecule has 5 heteroatoms. The summed E-state index contributed by atoms with van der Waals surface area (Å²) in [6.45, 7) is 6.61. The van der Waals surface area contributed by atoms with Crippen LogP contribution >= 0.6 is 0 Å². The fourth-order valence-corrected chi connectivity index (χ4v) is 2.15. The quantitative estimate of drug-likeness (QED) is 0.755. The topological polar surface area (TPSA) is 59.1 Å². The summed E-state index contributed by atoms with van der Waals surface area (Å²) in [7, 11) is 1.66. The van der Waals surface area contributed by atoms with Crippen LogP contribution < -0.4 is 10.6 Å². The average molecular weight is 264 g/mol. The number of rotatable bonds is 8. The second-order valence-electron chi connectivity index (χ2n) is 5.21. The first-order valence-electron chi connectivity index (χ1n) is 7.07. The van der Waals surface area contributed by atoms with Gasteiger partial charge in [0.05, 0.1) is 0 Å². The minimum absolute atomic E-state index is 0.437. The second-order valence-corrected chi connectivity index (χ2v) is 5.21. The summed E-state index contributed by atoms with van der Waals surface area (Å²) in [4.78, 5) is 8.87. The van der Waals surface area contributed by atoms with E-state index in [0.717, 1.165) is 30.6 Å². The molecule has 1 heterocycles. The van der Waals surface area contributed by atoms with Crippen molar-refractivity contribution in [1.82, 2.24) is 9.97 Å². The summed E-state index contributed by atoms with van der Waals surface area (Å²) in [6.07, 6.45) is 2.76. The summed E-state index contributed by atoms with van der Waals surface area (Å²) in [5, 5.41) is 6.64. The highest BCUT2D eigenvalue weighted by Gasteiger charge is 2.27. The third-order valence-corrected chi connectivity index (χ3v) is 3.44. The molecule has 0 aliphatic heterocycles. The summed E-state index contributed by atoms with van der Waals surface area (Å²) >= 11 is 0. The summed E-state index contributed by atoms with van der Waals surface area (Å²) in [6, 6.07) is 1.96. The Morgan fingerprint density at radius 1 is 1.32 bits per heavy atom. The molecule has 0 bridgehead atoms. The zero-order valence-corrected chi connectivity index (χ0v) is 12.1. The van der Waals surface area contributed by atoms with Gasteiger partial charge in [-0.3, -0.25) is 0 Å². The Bertz CT molecular complexity index is 382. The number of nitrogens with one attached hydrogen (secondary N) is 2. The molecule has 106 valence electrons. The number of aromatic nitrogens is 2. The number of methoxy groups -OCH3 is 1. The zero-order valence-electron chi connectivity index (χ0n) is 12.1. The van der Waals surface area contributed by atoms with Gasteiger partial charge in [-0.1, -0.05) is 6.92 Å². The Labute approximate surface area is 115 Å². The van der Waals surface area contributed by atoms with Crippen molar-refractivity contribution in [2.45, 2.75) is 33.3 Å². The van der Waals surface area contributed by atoms with Crippen LogP contribution in [0, 0.1) is 11.8 Å². The van der Waals surface area contributed by atoms with Gasteiger partial charge < -0.3 is 15.4 Å². The third kappa shape index (κ3) is 4.35. The molecule has 0 saturated heterocycles. The van der Waals surface area contributed by atoms with Crippen molar-refractivity contribution in [3.8, 4) is 0 Å². The van der Waals surface area contributed by atoms with Crippen LogP contribution in [0.3, 0.4) is 0 Å². The Hall–Kier alpha value is -1.36. The Balaban J connectivity index is 1.99. The Morgan fingerprint density at radius 3 is 2.58 bits per heavy atom. The average Bonchev–Trinajstić information content (AvgIpc) is 3.21. The van der Waals surface area contributed by atoms with Crippen molar-refractivity contribution in [2.75, 3.05) is 30.8 Å². The molecule has 1 unspecified atom stereocenters. The van der Waals surface area contributed by atoms with E-state index in [1.165, 1.54) is 12.8 Å². The smallest absolute Gasteiger partial charge is 0.158 e.